The van der Waals surface area contributed by atoms with E-state index < -0.39 is 0 Å². The number of rotatable bonds is 5. The van der Waals surface area contributed by atoms with Gasteiger partial charge in [-0.15, -0.1) is 5.10 Å². The highest BCUT2D eigenvalue weighted by Gasteiger charge is 2.04. The minimum atomic E-state index is 0.466. The Bertz CT molecular complexity index is 259. The zero-order valence-corrected chi connectivity index (χ0v) is 7.95. The average Bonchev–Trinajstić information content (AvgIpc) is 2.45. The van der Waals surface area contributed by atoms with Crippen molar-refractivity contribution in [3.8, 4) is 0 Å². The van der Waals surface area contributed by atoms with Crippen molar-refractivity contribution in [3.63, 3.8) is 0 Å². The van der Waals surface area contributed by atoms with E-state index in [9.17, 15) is 0 Å². The summed E-state index contributed by atoms with van der Waals surface area (Å²) in [5.74, 6) is 1.39. The molecule has 0 bridgehead atoms. The molecule has 0 amide bonds. The van der Waals surface area contributed by atoms with Gasteiger partial charge in [0.05, 0.1) is 0 Å². The molecule has 1 aromatic heterocycles. The molecule has 0 aliphatic heterocycles. The lowest BCUT2D eigenvalue weighted by atomic mass is 10.6. The van der Waals surface area contributed by atoms with E-state index in [0.29, 0.717) is 25.6 Å². The molecule has 0 aliphatic carbocycles. The molecule has 0 fully saturated rings. The zero-order chi connectivity index (χ0) is 9.68. The number of anilines is 1. The summed E-state index contributed by atoms with van der Waals surface area (Å²) in [5, 5.41) is 7.12. The van der Waals surface area contributed by atoms with Crippen LogP contribution in [0.4, 0.5) is 5.95 Å². The van der Waals surface area contributed by atoms with Gasteiger partial charge in [0.25, 0.3) is 0 Å². The fraction of sp³-hybridized carbons (Fsp3) is 0.714. The Morgan fingerprint density at radius 3 is 3.00 bits per heavy atom. The maximum absolute atomic E-state index is 5.33. The number of hydrogen-bond donors (Lipinski definition) is 2. The molecule has 6 nitrogen and oxygen atoms in total. The van der Waals surface area contributed by atoms with Crippen LogP contribution in [-0.2, 0) is 18.4 Å². The van der Waals surface area contributed by atoms with Gasteiger partial charge in [-0.1, -0.05) is 0 Å². The summed E-state index contributed by atoms with van der Waals surface area (Å²) in [6, 6.07) is 0. The third kappa shape index (κ3) is 2.67. The van der Waals surface area contributed by atoms with Gasteiger partial charge in [0.2, 0.25) is 5.95 Å². The molecule has 6 heteroatoms. The van der Waals surface area contributed by atoms with Gasteiger partial charge in [-0.25, -0.2) is 4.68 Å². The number of methoxy groups -OCH3 is 1. The van der Waals surface area contributed by atoms with E-state index in [4.69, 9.17) is 10.5 Å². The van der Waals surface area contributed by atoms with Crippen LogP contribution >= 0.6 is 0 Å². The Morgan fingerprint density at radius 2 is 2.38 bits per heavy atom. The third-order valence-corrected chi connectivity index (χ3v) is 1.55. The molecule has 1 rings (SSSR count). The van der Waals surface area contributed by atoms with Crippen molar-refractivity contribution in [2.24, 2.45) is 12.8 Å². The molecule has 0 atom stereocenters. The van der Waals surface area contributed by atoms with Gasteiger partial charge in [-0.3, -0.25) is 0 Å². The van der Waals surface area contributed by atoms with Gasteiger partial charge in [0.15, 0.2) is 5.82 Å². The fourth-order valence-corrected chi connectivity index (χ4v) is 0.930. The first-order valence-corrected chi connectivity index (χ1v) is 4.10. The maximum atomic E-state index is 5.33. The van der Waals surface area contributed by atoms with Gasteiger partial charge < -0.3 is 15.8 Å². The van der Waals surface area contributed by atoms with Gasteiger partial charge in [0.1, 0.15) is 6.61 Å². The monoisotopic (exact) mass is 185 g/mol. The second kappa shape index (κ2) is 4.78. The van der Waals surface area contributed by atoms with Crippen molar-refractivity contribution < 1.29 is 4.74 Å². The smallest absolute Gasteiger partial charge is 0.242 e. The molecule has 0 saturated heterocycles. The van der Waals surface area contributed by atoms with Crippen molar-refractivity contribution in [1.29, 1.82) is 0 Å². The van der Waals surface area contributed by atoms with Crippen LogP contribution < -0.4 is 11.1 Å². The first kappa shape index (κ1) is 9.94. The van der Waals surface area contributed by atoms with E-state index in [-0.39, 0.29) is 0 Å². The van der Waals surface area contributed by atoms with E-state index in [0.717, 1.165) is 5.82 Å². The lowest BCUT2D eigenvalue weighted by molar-refractivity contribution is 0.174. The summed E-state index contributed by atoms with van der Waals surface area (Å²) in [6.07, 6.45) is 0. The van der Waals surface area contributed by atoms with E-state index in [1.54, 1.807) is 11.8 Å². The van der Waals surface area contributed by atoms with Gasteiger partial charge in [-0.2, -0.15) is 4.98 Å². The normalized spacial score (nSPS) is 10.4. The number of ether oxygens (including phenoxy) is 1. The molecule has 0 unspecified atom stereocenters. The van der Waals surface area contributed by atoms with E-state index in [1.807, 2.05) is 7.05 Å². The highest BCUT2D eigenvalue weighted by atomic mass is 16.5. The van der Waals surface area contributed by atoms with Crippen molar-refractivity contribution in [2.75, 3.05) is 25.5 Å². The number of aryl methyl sites for hydroxylation is 1. The van der Waals surface area contributed by atoms with Crippen LogP contribution in [0.2, 0.25) is 0 Å². The molecular formula is C7H15N5O. The van der Waals surface area contributed by atoms with E-state index in [1.165, 1.54) is 0 Å². The van der Waals surface area contributed by atoms with Crippen molar-refractivity contribution in [3.05, 3.63) is 5.82 Å². The van der Waals surface area contributed by atoms with Gasteiger partial charge in [-0.05, 0) is 0 Å². The molecule has 74 valence electrons. The molecule has 0 aliphatic rings. The molecule has 3 N–H and O–H groups in total. The molecule has 0 saturated carbocycles. The Morgan fingerprint density at radius 1 is 1.62 bits per heavy atom. The number of nitrogens with zero attached hydrogens (tertiary/aromatic N) is 3. The molecule has 13 heavy (non-hydrogen) atoms. The summed E-state index contributed by atoms with van der Waals surface area (Å²) in [7, 11) is 3.46. The van der Waals surface area contributed by atoms with Crippen LogP contribution in [0.1, 0.15) is 5.82 Å². The Labute approximate surface area is 77.1 Å². The van der Waals surface area contributed by atoms with Crippen LogP contribution in [0.15, 0.2) is 0 Å². The second-order valence-electron chi connectivity index (χ2n) is 2.62. The fourth-order valence-electron chi connectivity index (χ4n) is 0.930. The van der Waals surface area contributed by atoms with Crippen molar-refractivity contribution in [2.45, 2.75) is 6.61 Å². The molecule has 0 spiro atoms. The van der Waals surface area contributed by atoms with Crippen LogP contribution in [0.5, 0.6) is 0 Å². The molecule has 1 aromatic rings. The van der Waals surface area contributed by atoms with Gasteiger partial charge in [0, 0.05) is 27.2 Å². The quantitative estimate of drug-likeness (QED) is 0.636. The minimum absolute atomic E-state index is 0.466. The first-order valence-electron chi connectivity index (χ1n) is 4.10. The Balaban J connectivity index is 2.59. The van der Waals surface area contributed by atoms with Crippen molar-refractivity contribution >= 4 is 5.95 Å². The first-order chi connectivity index (χ1) is 6.27. The predicted molar refractivity (Wildman–Crippen MR) is 49.3 cm³/mol. The Kier molecular flexibility index (Phi) is 3.66. The van der Waals surface area contributed by atoms with Crippen molar-refractivity contribution in [1.82, 2.24) is 14.8 Å². The molecular weight excluding hydrogens is 170 g/mol. The van der Waals surface area contributed by atoms with Crippen LogP contribution in [0.3, 0.4) is 0 Å². The van der Waals surface area contributed by atoms with Gasteiger partial charge >= 0.3 is 0 Å². The summed E-state index contributed by atoms with van der Waals surface area (Å²) < 4.78 is 6.63. The van der Waals surface area contributed by atoms with Crippen LogP contribution in [-0.4, -0.2) is 35.0 Å². The molecule has 0 radical (unpaired) electrons. The third-order valence-electron chi connectivity index (χ3n) is 1.55. The summed E-state index contributed by atoms with van der Waals surface area (Å²) in [5.41, 5.74) is 5.33. The summed E-state index contributed by atoms with van der Waals surface area (Å²) in [6.45, 7) is 1.71. The number of hydrogen-bond acceptors (Lipinski definition) is 5. The number of nitrogens with one attached hydrogen (secondary N) is 1. The standard InChI is InChI=1S/C7H15N5O/c1-12-6(5-13-2)10-7(11-12)9-4-3-8/h3-5,8H2,1-2H3,(H,9,11). The largest absolute Gasteiger partial charge is 0.377 e. The SMILES string of the molecule is COCc1nc(NCCN)nn1C. The zero-order valence-electron chi connectivity index (χ0n) is 7.95. The highest BCUT2D eigenvalue weighted by Crippen LogP contribution is 2.01. The predicted octanol–water partition coefficient (Wildman–Crippen LogP) is -0.668. The Hall–Kier alpha value is -1.14. The average molecular weight is 185 g/mol. The maximum Gasteiger partial charge on any atom is 0.242 e. The number of aromatic nitrogens is 3. The highest BCUT2D eigenvalue weighted by molar-refractivity contribution is 5.22. The lowest BCUT2D eigenvalue weighted by Crippen LogP contribution is -2.13. The molecule has 0 aromatic carbocycles. The van der Waals surface area contributed by atoms with E-state index >= 15 is 0 Å². The van der Waals surface area contributed by atoms with Crippen LogP contribution in [0.25, 0.3) is 0 Å². The number of nitrogens with two attached hydrogens (primary N) is 1. The topological polar surface area (TPSA) is 78.0 Å². The summed E-state index contributed by atoms with van der Waals surface area (Å²) in [4.78, 5) is 4.20. The summed E-state index contributed by atoms with van der Waals surface area (Å²) >= 11 is 0. The van der Waals surface area contributed by atoms with E-state index in [2.05, 4.69) is 15.4 Å². The van der Waals surface area contributed by atoms with Crippen LogP contribution in [0, 0.1) is 0 Å². The minimum Gasteiger partial charge on any atom is -0.377 e. The lowest BCUT2D eigenvalue weighted by Gasteiger charge is -1.95. The second-order valence-corrected chi connectivity index (χ2v) is 2.62. The molecule has 1 heterocycles.